The van der Waals surface area contributed by atoms with Crippen molar-refractivity contribution in [3.8, 4) is 0 Å². The monoisotopic (exact) mass is 234 g/mol. The first-order chi connectivity index (χ1) is 8.28. The van der Waals surface area contributed by atoms with Gasteiger partial charge in [0, 0.05) is 13.2 Å². The average molecular weight is 234 g/mol. The fraction of sp³-hybridized carbons (Fsp3) is 0.643. The van der Waals surface area contributed by atoms with E-state index in [1.807, 2.05) is 19.3 Å². The molecule has 0 atom stereocenters. The molecule has 3 nitrogen and oxygen atoms in total. The van der Waals surface area contributed by atoms with Gasteiger partial charge in [-0.05, 0) is 43.2 Å². The normalized spacial score (nSPS) is 24.6. The molecule has 17 heavy (non-hydrogen) atoms. The molecule has 1 aromatic rings. The van der Waals surface area contributed by atoms with Crippen LogP contribution in [0.25, 0.3) is 0 Å². The highest BCUT2D eigenvalue weighted by molar-refractivity contribution is 5.34. The molecule has 94 valence electrons. The molecule has 3 heteroatoms. The molecule has 1 fully saturated rings. The molecule has 0 amide bonds. The third-order valence-corrected chi connectivity index (χ3v) is 3.53. The Balaban J connectivity index is 1.77. The van der Waals surface area contributed by atoms with Gasteiger partial charge in [-0.15, -0.1) is 0 Å². The number of anilines is 1. The summed E-state index contributed by atoms with van der Waals surface area (Å²) in [4.78, 5) is 4.28. The Labute approximate surface area is 104 Å². The number of hydrogen-bond donors (Lipinski definition) is 1. The fourth-order valence-corrected chi connectivity index (χ4v) is 2.27. The molecule has 0 aromatic carbocycles. The summed E-state index contributed by atoms with van der Waals surface area (Å²) in [6.07, 6.45) is 7.38. The number of hydrogen-bond acceptors (Lipinski definition) is 3. The number of pyridine rings is 1. The molecule has 0 bridgehead atoms. The quantitative estimate of drug-likeness (QED) is 0.868. The van der Waals surface area contributed by atoms with Gasteiger partial charge in [0.1, 0.15) is 5.82 Å². The molecule has 1 saturated carbocycles. The van der Waals surface area contributed by atoms with Gasteiger partial charge < -0.3 is 10.1 Å². The van der Waals surface area contributed by atoms with Crippen LogP contribution in [-0.2, 0) is 11.3 Å². The summed E-state index contributed by atoms with van der Waals surface area (Å²) in [5.41, 5.74) is 1.16. The fourth-order valence-electron chi connectivity index (χ4n) is 2.27. The van der Waals surface area contributed by atoms with Crippen LogP contribution < -0.4 is 5.32 Å². The van der Waals surface area contributed by atoms with Crippen molar-refractivity contribution in [2.45, 2.75) is 45.3 Å². The first-order valence-corrected chi connectivity index (χ1v) is 6.52. The maximum atomic E-state index is 5.93. The number of nitrogens with one attached hydrogen (secondary N) is 1. The molecule has 0 spiro atoms. The first kappa shape index (κ1) is 12.4. The van der Waals surface area contributed by atoms with Crippen molar-refractivity contribution in [1.29, 1.82) is 0 Å². The zero-order valence-electron chi connectivity index (χ0n) is 10.8. The van der Waals surface area contributed by atoms with Crippen LogP contribution >= 0.6 is 0 Å². The van der Waals surface area contributed by atoms with Crippen LogP contribution in [0.2, 0.25) is 0 Å². The number of ether oxygens (including phenoxy) is 1. The third-order valence-electron chi connectivity index (χ3n) is 3.53. The maximum absolute atomic E-state index is 5.93. The summed E-state index contributed by atoms with van der Waals surface area (Å²) in [5.74, 6) is 1.78. The highest BCUT2D eigenvalue weighted by Gasteiger charge is 2.18. The van der Waals surface area contributed by atoms with Gasteiger partial charge in [-0.3, -0.25) is 0 Å². The summed E-state index contributed by atoms with van der Waals surface area (Å²) in [7, 11) is 1.88. The van der Waals surface area contributed by atoms with E-state index in [9.17, 15) is 0 Å². The van der Waals surface area contributed by atoms with Crippen LogP contribution in [0.4, 0.5) is 5.82 Å². The lowest BCUT2D eigenvalue weighted by atomic mass is 9.89. The van der Waals surface area contributed by atoms with Gasteiger partial charge in [0.15, 0.2) is 0 Å². The van der Waals surface area contributed by atoms with Crippen LogP contribution in [0.3, 0.4) is 0 Å². The van der Waals surface area contributed by atoms with Gasteiger partial charge >= 0.3 is 0 Å². The maximum Gasteiger partial charge on any atom is 0.125 e. The minimum absolute atomic E-state index is 0.454. The first-order valence-electron chi connectivity index (χ1n) is 6.52. The molecule has 0 aliphatic heterocycles. The van der Waals surface area contributed by atoms with E-state index in [1.54, 1.807) is 0 Å². The molecular formula is C14H22N2O. The zero-order chi connectivity index (χ0) is 12.1. The Kier molecular flexibility index (Phi) is 4.37. The van der Waals surface area contributed by atoms with E-state index in [1.165, 1.54) is 25.7 Å². The SMILES string of the molecule is CNc1ccc(COC2CCC(C)CC2)cn1. The third kappa shape index (κ3) is 3.70. The van der Waals surface area contributed by atoms with E-state index < -0.39 is 0 Å². The predicted octanol–water partition coefficient (Wildman–Crippen LogP) is 3.22. The summed E-state index contributed by atoms with van der Waals surface area (Å²) >= 11 is 0. The van der Waals surface area contributed by atoms with Gasteiger partial charge in [0.2, 0.25) is 0 Å². The highest BCUT2D eigenvalue weighted by atomic mass is 16.5. The van der Waals surface area contributed by atoms with E-state index in [-0.39, 0.29) is 0 Å². The lowest BCUT2D eigenvalue weighted by Crippen LogP contribution is -2.20. The Bertz CT molecular complexity index is 329. The second kappa shape index (κ2) is 6.01. The van der Waals surface area contributed by atoms with Crippen LogP contribution in [0.5, 0.6) is 0 Å². The topological polar surface area (TPSA) is 34.1 Å². The molecule has 0 saturated heterocycles. The Morgan fingerprint density at radius 1 is 1.29 bits per heavy atom. The molecule has 1 N–H and O–H groups in total. The van der Waals surface area contributed by atoms with Gasteiger partial charge in [-0.2, -0.15) is 0 Å². The predicted molar refractivity (Wildman–Crippen MR) is 70.0 cm³/mol. The number of aromatic nitrogens is 1. The molecule has 1 aliphatic carbocycles. The van der Waals surface area contributed by atoms with Crippen molar-refractivity contribution in [3.63, 3.8) is 0 Å². The van der Waals surface area contributed by atoms with Crippen molar-refractivity contribution >= 4 is 5.82 Å². The lowest BCUT2D eigenvalue weighted by Gasteiger charge is -2.26. The molecule has 0 radical (unpaired) electrons. The smallest absolute Gasteiger partial charge is 0.125 e. The standard InChI is InChI=1S/C14H22N2O/c1-11-3-6-13(7-4-11)17-10-12-5-8-14(15-2)16-9-12/h5,8-9,11,13H,3-4,6-7,10H2,1-2H3,(H,15,16). The van der Waals surface area contributed by atoms with Crippen LogP contribution in [0.1, 0.15) is 38.2 Å². The highest BCUT2D eigenvalue weighted by Crippen LogP contribution is 2.26. The van der Waals surface area contributed by atoms with E-state index in [4.69, 9.17) is 4.74 Å². The van der Waals surface area contributed by atoms with Crippen molar-refractivity contribution < 1.29 is 4.74 Å². The van der Waals surface area contributed by atoms with E-state index in [0.29, 0.717) is 12.7 Å². The summed E-state index contributed by atoms with van der Waals surface area (Å²) in [6, 6.07) is 4.06. The summed E-state index contributed by atoms with van der Waals surface area (Å²) < 4.78 is 5.93. The van der Waals surface area contributed by atoms with Crippen LogP contribution in [0.15, 0.2) is 18.3 Å². The molecule has 1 aliphatic rings. The van der Waals surface area contributed by atoms with Gasteiger partial charge in [-0.25, -0.2) is 4.98 Å². The summed E-state index contributed by atoms with van der Waals surface area (Å²) in [6.45, 7) is 3.02. The van der Waals surface area contributed by atoms with Crippen molar-refractivity contribution in [3.05, 3.63) is 23.9 Å². The van der Waals surface area contributed by atoms with E-state index in [0.717, 1.165) is 17.3 Å². The van der Waals surface area contributed by atoms with Gasteiger partial charge in [0.25, 0.3) is 0 Å². The molecule has 1 heterocycles. The number of rotatable bonds is 4. The summed E-state index contributed by atoms with van der Waals surface area (Å²) in [5, 5.41) is 3.01. The minimum Gasteiger partial charge on any atom is -0.373 e. The van der Waals surface area contributed by atoms with Crippen molar-refractivity contribution in [1.82, 2.24) is 4.98 Å². The lowest BCUT2D eigenvalue weighted by molar-refractivity contribution is 0.00867. The Morgan fingerprint density at radius 2 is 2.06 bits per heavy atom. The van der Waals surface area contributed by atoms with E-state index in [2.05, 4.69) is 23.3 Å². The van der Waals surface area contributed by atoms with Crippen LogP contribution in [0, 0.1) is 5.92 Å². The van der Waals surface area contributed by atoms with E-state index >= 15 is 0 Å². The van der Waals surface area contributed by atoms with Gasteiger partial charge in [0.05, 0.1) is 12.7 Å². The van der Waals surface area contributed by atoms with Gasteiger partial charge in [-0.1, -0.05) is 13.0 Å². The molecular weight excluding hydrogens is 212 g/mol. The Hall–Kier alpha value is -1.09. The minimum atomic E-state index is 0.454. The largest absolute Gasteiger partial charge is 0.373 e. The second-order valence-electron chi connectivity index (χ2n) is 4.99. The van der Waals surface area contributed by atoms with Crippen molar-refractivity contribution in [2.24, 2.45) is 5.92 Å². The molecule has 1 aromatic heterocycles. The second-order valence-corrected chi connectivity index (χ2v) is 4.99. The number of nitrogens with zero attached hydrogens (tertiary/aromatic N) is 1. The molecule has 2 rings (SSSR count). The van der Waals surface area contributed by atoms with Crippen molar-refractivity contribution in [2.75, 3.05) is 12.4 Å². The average Bonchev–Trinajstić information content (AvgIpc) is 2.39. The zero-order valence-corrected chi connectivity index (χ0v) is 10.8. The van der Waals surface area contributed by atoms with Crippen LogP contribution in [-0.4, -0.2) is 18.1 Å². The Morgan fingerprint density at radius 3 is 2.65 bits per heavy atom. The molecule has 0 unspecified atom stereocenters.